The van der Waals surface area contributed by atoms with Gasteiger partial charge in [0.1, 0.15) is 11.5 Å². The summed E-state index contributed by atoms with van der Waals surface area (Å²) >= 11 is 1.79. The topological polar surface area (TPSA) is 47.6 Å². The highest BCUT2D eigenvalue weighted by Crippen LogP contribution is 2.18. The van der Waals surface area contributed by atoms with E-state index in [0.717, 1.165) is 17.9 Å². The first-order valence-electron chi connectivity index (χ1n) is 8.08. The molecule has 5 heteroatoms. The predicted molar refractivity (Wildman–Crippen MR) is 97.9 cm³/mol. The van der Waals surface area contributed by atoms with Crippen LogP contribution in [-0.4, -0.2) is 31.4 Å². The first-order valence-corrected chi connectivity index (χ1v) is 9.06. The van der Waals surface area contributed by atoms with Crippen LogP contribution in [0.2, 0.25) is 0 Å². The van der Waals surface area contributed by atoms with Crippen molar-refractivity contribution in [2.24, 2.45) is 0 Å². The largest absolute Gasteiger partial charge is 0.494 e. The summed E-state index contributed by atoms with van der Waals surface area (Å²) in [5, 5.41) is 2.87. The minimum Gasteiger partial charge on any atom is -0.494 e. The molecule has 24 heavy (non-hydrogen) atoms. The molecule has 128 valence electrons. The van der Waals surface area contributed by atoms with Gasteiger partial charge >= 0.3 is 0 Å². The summed E-state index contributed by atoms with van der Waals surface area (Å²) in [5.41, 5.74) is 0. The molecule has 0 radical (unpaired) electrons. The summed E-state index contributed by atoms with van der Waals surface area (Å²) in [5.74, 6) is 2.33. The third-order valence-corrected chi connectivity index (χ3v) is 4.26. The molecule has 2 rings (SSSR count). The van der Waals surface area contributed by atoms with Crippen molar-refractivity contribution in [1.82, 2.24) is 5.32 Å². The Kier molecular flexibility index (Phi) is 8.04. The van der Waals surface area contributed by atoms with E-state index in [1.54, 1.807) is 23.9 Å². The van der Waals surface area contributed by atoms with Crippen LogP contribution in [0.5, 0.6) is 11.5 Å². The third kappa shape index (κ3) is 6.96. The molecule has 0 aliphatic carbocycles. The Morgan fingerprint density at radius 2 is 1.67 bits per heavy atom. The van der Waals surface area contributed by atoms with Crippen LogP contribution in [0.15, 0.2) is 59.5 Å². The monoisotopic (exact) mass is 345 g/mol. The zero-order valence-corrected chi connectivity index (χ0v) is 14.7. The van der Waals surface area contributed by atoms with Crippen LogP contribution in [0.1, 0.15) is 13.3 Å². The molecular weight excluding hydrogens is 322 g/mol. The van der Waals surface area contributed by atoms with Gasteiger partial charge in [0.15, 0.2) is 6.61 Å². The molecule has 0 aliphatic heterocycles. The average molecular weight is 345 g/mol. The summed E-state index contributed by atoms with van der Waals surface area (Å²) < 4.78 is 10.8. The molecule has 1 N–H and O–H groups in total. The first kappa shape index (κ1) is 18.2. The highest BCUT2D eigenvalue weighted by molar-refractivity contribution is 7.99. The Bertz CT molecular complexity index is 602. The smallest absolute Gasteiger partial charge is 0.257 e. The molecule has 1 amide bonds. The summed E-state index contributed by atoms with van der Waals surface area (Å²) in [4.78, 5) is 13.0. The van der Waals surface area contributed by atoms with Crippen LogP contribution in [0.3, 0.4) is 0 Å². The van der Waals surface area contributed by atoms with Gasteiger partial charge in [-0.25, -0.2) is 0 Å². The molecule has 0 saturated carbocycles. The molecule has 2 aromatic carbocycles. The number of carbonyl (C=O) groups excluding carboxylic acids is 1. The lowest BCUT2D eigenvalue weighted by atomic mass is 10.3. The molecule has 0 aliphatic rings. The van der Waals surface area contributed by atoms with Crippen molar-refractivity contribution in [3.63, 3.8) is 0 Å². The number of rotatable bonds is 10. The van der Waals surface area contributed by atoms with Gasteiger partial charge in [0.05, 0.1) is 6.61 Å². The minimum absolute atomic E-state index is 0.0276. The second kappa shape index (κ2) is 10.6. The second-order valence-electron chi connectivity index (χ2n) is 5.06. The van der Waals surface area contributed by atoms with E-state index in [1.165, 1.54) is 4.90 Å². The van der Waals surface area contributed by atoms with Gasteiger partial charge < -0.3 is 14.8 Å². The average Bonchev–Trinajstić information content (AvgIpc) is 2.62. The maximum absolute atomic E-state index is 11.8. The van der Waals surface area contributed by atoms with E-state index in [0.29, 0.717) is 18.9 Å². The second-order valence-corrected chi connectivity index (χ2v) is 6.23. The first-order chi connectivity index (χ1) is 11.8. The van der Waals surface area contributed by atoms with E-state index >= 15 is 0 Å². The van der Waals surface area contributed by atoms with E-state index in [2.05, 4.69) is 17.4 Å². The van der Waals surface area contributed by atoms with Crippen LogP contribution in [0.25, 0.3) is 0 Å². The van der Waals surface area contributed by atoms with Crippen LogP contribution < -0.4 is 14.8 Å². The fourth-order valence-corrected chi connectivity index (χ4v) is 2.88. The molecule has 0 fully saturated rings. The van der Waals surface area contributed by atoms with Crippen LogP contribution in [0, 0.1) is 0 Å². The molecule has 0 saturated heterocycles. The molecule has 0 bridgehead atoms. The van der Waals surface area contributed by atoms with Crippen molar-refractivity contribution < 1.29 is 14.3 Å². The maximum atomic E-state index is 11.8. The highest BCUT2D eigenvalue weighted by Gasteiger charge is 2.03. The SMILES string of the molecule is CCOc1ccc(OCC(=O)NCCCSc2ccccc2)cc1. The Hall–Kier alpha value is -2.14. The van der Waals surface area contributed by atoms with Crippen molar-refractivity contribution in [2.45, 2.75) is 18.2 Å². The number of hydrogen-bond acceptors (Lipinski definition) is 4. The summed E-state index contributed by atoms with van der Waals surface area (Å²) in [6, 6.07) is 17.5. The quantitative estimate of drug-likeness (QED) is 0.526. The standard InChI is InChI=1S/C19H23NO3S/c1-2-22-16-9-11-17(12-10-16)23-15-19(21)20-13-6-14-24-18-7-4-3-5-8-18/h3-5,7-12H,2,6,13-15H2,1H3,(H,20,21). The fourth-order valence-electron chi connectivity index (χ4n) is 2.01. The van der Waals surface area contributed by atoms with Gasteiger partial charge in [-0.2, -0.15) is 0 Å². The number of amides is 1. The molecule has 0 atom stereocenters. The van der Waals surface area contributed by atoms with E-state index in [4.69, 9.17) is 9.47 Å². The van der Waals surface area contributed by atoms with E-state index in [9.17, 15) is 4.79 Å². The van der Waals surface area contributed by atoms with Gasteiger partial charge in [-0.3, -0.25) is 4.79 Å². The van der Waals surface area contributed by atoms with Gasteiger partial charge in [-0.1, -0.05) is 18.2 Å². The summed E-state index contributed by atoms with van der Waals surface area (Å²) in [6.07, 6.45) is 0.925. The third-order valence-electron chi connectivity index (χ3n) is 3.16. The lowest BCUT2D eigenvalue weighted by molar-refractivity contribution is -0.123. The molecule has 4 nitrogen and oxygen atoms in total. The number of nitrogens with one attached hydrogen (secondary N) is 1. The lowest BCUT2D eigenvalue weighted by Crippen LogP contribution is -2.29. The van der Waals surface area contributed by atoms with E-state index in [-0.39, 0.29) is 12.5 Å². The zero-order valence-electron chi connectivity index (χ0n) is 13.9. The Balaban J connectivity index is 1.56. The van der Waals surface area contributed by atoms with E-state index < -0.39 is 0 Å². The Morgan fingerprint density at radius 1 is 1.00 bits per heavy atom. The van der Waals surface area contributed by atoms with E-state index in [1.807, 2.05) is 37.3 Å². The predicted octanol–water partition coefficient (Wildman–Crippen LogP) is 3.76. The Labute approximate surface area is 147 Å². The van der Waals surface area contributed by atoms with Gasteiger partial charge in [-0.05, 0) is 55.5 Å². The number of thioether (sulfide) groups is 1. The summed E-state index contributed by atoms with van der Waals surface area (Å²) in [7, 11) is 0. The highest BCUT2D eigenvalue weighted by atomic mass is 32.2. The maximum Gasteiger partial charge on any atom is 0.257 e. The summed E-state index contributed by atoms with van der Waals surface area (Å²) in [6.45, 7) is 3.25. The molecular formula is C19H23NO3S. The number of hydrogen-bond donors (Lipinski definition) is 1. The number of carbonyl (C=O) groups is 1. The normalized spacial score (nSPS) is 10.2. The molecule has 2 aromatic rings. The molecule has 0 spiro atoms. The molecule has 0 aromatic heterocycles. The Morgan fingerprint density at radius 3 is 2.33 bits per heavy atom. The molecule has 0 heterocycles. The number of benzene rings is 2. The molecule has 0 unspecified atom stereocenters. The number of ether oxygens (including phenoxy) is 2. The van der Waals surface area contributed by atoms with Gasteiger partial charge in [0.2, 0.25) is 0 Å². The minimum atomic E-state index is -0.103. The van der Waals surface area contributed by atoms with Crippen molar-refractivity contribution >= 4 is 17.7 Å². The lowest BCUT2D eigenvalue weighted by Gasteiger charge is -2.08. The van der Waals surface area contributed by atoms with Crippen LogP contribution >= 0.6 is 11.8 Å². The van der Waals surface area contributed by atoms with Crippen LogP contribution in [-0.2, 0) is 4.79 Å². The van der Waals surface area contributed by atoms with Crippen molar-refractivity contribution in [1.29, 1.82) is 0 Å². The fraction of sp³-hybridized carbons (Fsp3) is 0.316. The van der Waals surface area contributed by atoms with Gasteiger partial charge in [0.25, 0.3) is 5.91 Å². The van der Waals surface area contributed by atoms with Crippen molar-refractivity contribution in [3.8, 4) is 11.5 Å². The van der Waals surface area contributed by atoms with Crippen molar-refractivity contribution in [2.75, 3.05) is 25.5 Å². The van der Waals surface area contributed by atoms with Crippen molar-refractivity contribution in [3.05, 3.63) is 54.6 Å². The zero-order chi connectivity index (χ0) is 17.0. The van der Waals surface area contributed by atoms with Gasteiger partial charge in [-0.15, -0.1) is 11.8 Å². The van der Waals surface area contributed by atoms with Gasteiger partial charge in [0, 0.05) is 11.4 Å². The van der Waals surface area contributed by atoms with Crippen LogP contribution in [0.4, 0.5) is 0 Å².